The summed E-state index contributed by atoms with van der Waals surface area (Å²) in [7, 11) is 0. The minimum atomic E-state index is 0.249. The number of carbonyl (C=O) groups is 1. The zero-order valence-electron chi connectivity index (χ0n) is 15.5. The Bertz CT molecular complexity index is 972. The second-order valence-corrected chi connectivity index (χ2v) is 7.73. The van der Waals surface area contributed by atoms with Gasteiger partial charge in [-0.05, 0) is 36.8 Å². The number of fused-ring (bicyclic) bond motifs is 2. The molecule has 1 fully saturated rings. The molecule has 0 spiro atoms. The number of nitrogens with zero attached hydrogens (tertiary/aromatic N) is 5. The Morgan fingerprint density at radius 3 is 3.00 bits per heavy atom. The van der Waals surface area contributed by atoms with Crippen LogP contribution in [0, 0.1) is 0 Å². The number of aromatic nitrogens is 4. The van der Waals surface area contributed by atoms with Gasteiger partial charge in [0.05, 0.1) is 0 Å². The number of amides is 1. The zero-order valence-corrected chi connectivity index (χ0v) is 15.5. The molecule has 1 amide bonds. The predicted octanol–water partition coefficient (Wildman–Crippen LogP) is 2.98. The van der Waals surface area contributed by atoms with Gasteiger partial charge in [-0.1, -0.05) is 18.2 Å². The van der Waals surface area contributed by atoms with Crippen molar-refractivity contribution < 1.29 is 4.79 Å². The number of piperidine rings is 1. The highest BCUT2D eigenvalue weighted by Crippen LogP contribution is 2.28. The van der Waals surface area contributed by atoms with Gasteiger partial charge in [-0.15, -0.1) is 10.2 Å². The summed E-state index contributed by atoms with van der Waals surface area (Å²) in [5, 5.41) is 10.0. The maximum atomic E-state index is 12.8. The van der Waals surface area contributed by atoms with Crippen molar-refractivity contribution in [2.75, 3.05) is 13.1 Å². The molecule has 6 heteroatoms. The van der Waals surface area contributed by atoms with E-state index in [4.69, 9.17) is 0 Å². The normalized spacial score (nSPS) is 19.6. The summed E-state index contributed by atoms with van der Waals surface area (Å²) in [6.07, 6.45) is 6.97. The van der Waals surface area contributed by atoms with Gasteiger partial charge in [0.15, 0.2) is 0 Å². The Kier molecular flexibility index (Phi) is 4.19. The first-order valence-electron chi connectivity index (χ1n) is 10.0. The molecule has 2 aliphatic heterocycles. The second kappa shape index (κ2) is 6.83. The van der Waals surface area contributed by atoms with E-state index in [-0.39, 0.29) is 5.91 Å². The highest BCUT2D eigenvalue weighted by atomic mass is 16.2. The van der Waals surface area contributed by atoms with Crippen LogP contribution in [0.15, 0.2) is 36.5 Å². The Hall–Kier alpha value is -2.63. The van der Waals surface area contributed by atoms with Gasteiger partial charge in [-0.2, -0.15) is 0 Å². The van der Waals surface area contributed by atoms with Gasteiger partial charge in [0, 0.05) is 56.7 Å². The van der Waals surface area contributed by atoms with E-state index < -0.39 is 0 Å². The van der Waals surface area contributed by atoms with E-state index in [0.717, 1.165) is 63.5 Å². The summed E-state index contributed by atoms with van der Waals surface area (Å²) in [6, 6.07) is 10.4. The lowest BCUT2D eigenvalue weighted by molar-refractivity contribution is -0.132. The molecule has 1 aromatic carbocycles. The summed E-state index contributed by atoms with van der Waals surface area (Å²) in [5.74, 6) is 2.79. The molecule has 0 radical (unpaired) electrons. The van der Waals surface area contributed by atoms with Crippen molar-refractivity contribution in [2.45, 2.75) is 51.1 Å². The molecule has 6 nitrogen and oxygen atoms in total. The Balaban J connectivity index is 1.25. The van der Waals surface area contributed by atoms with Crippen molar-refractivity contribution in [1.29, 1.82) is 0 Å². The summed E-state index contributed by atoms with van der Waals surface area (Å²) < 4.78 is 4.46. The average molecular weight is 363 g/mol. The maximum Gasteiger partial charge on any atom is 0.224 e. The van der Waals surface area contributed by atoms with E-state index in [1.54, 1.807) is 0 Å². The molecule has 0 N–H and O–H groups in total. The predicted molar refractivity (Wildman–Crippen MR) is 103 cm³/mol. The van der Waals surface area contributed by atoms with Crippen LogP contribution in [-0.4, -0.2) is 43.2 Å². The third kappa shape index (κ3) is 3.03. The van der Waals surface area contributed by atoms with Crippen LogP contribution < -0.4 is 0 Å². The molecule has 140 valence electrons. The number of carbonyl (C=O) groups excluding carboxylic acids is 1. The van der Waals surface area contributed by atoms with E-state index in [9.17, 15) is 4.79 Å². The molecule has 0 saturated carbocycles. The van der Waals surface area contributed by atoms with E-state index in [2.05, 4.69) is 43.7 Å². The van der Waals surface area contributed by atoms with Crippen molar-refractivity contribution in [3.05, 3.63) is 48.2 Å². The molecule has 1 unspecified atom stereocenters. The molecular weight excluding hydrogens is 338 g/mol. The molecule has 5 rings (SSSR count). The monoisotopic (exact) mass is 363 g/mol. The van der Waals surface area contributed by atoms with E-state index in [1.165, 1.54) is 10.9 Å². The van der Waals surface area contributed by atoms with Crippen LogP contribution in [0.5, 0.6) is 0 Å². The molecule has 3 aromatic rings. The fraction of sp³-hybridized carbons (Fsp3) is 0.476. The molecule has 1 saturated heterocycles. The Morgan fingerprint density at radius 1 is 1.11 bits per heavy atom. The molecule has 4 heterocycles. The highest BCUT2D eigenvalue weighted by Gasteiger charge is 2.30. The number of rotatable bonds is 4. The second-order valence-electron chi connectivity index (χ2n) is 7.73. The van der Waals surface area contributed by atoms with E-state index >= 15 is 0 Å². The van der Waals surface area contributed by atoms with Gasteiger partial charge in [0.1, 0.15) is 11.6 Å². The first-order valence-corrected chi connectivity index (χ1v) is 10.0. The van der Waals surface area contributed by atoms with E-state index in [1.807, 2.05) is 17.0 Å². The molecule has 27 heavy (non-hydrogen) atoms. The lowest BCUT2D eigenvalue weighted by atomic mass is 9.97. The van der Waals surface area contributed by atoms with Crippen molar-refractivity contribution in [2.24, 2.45) is 0 Å². The summed E-state index contributed by atoms with van der Waals surface area (Å²) in [4.78, 5) is 14.9. The van der Waals surface area contributed by atoms with Crippen LogP contribution in [-0.2, 0) is 24.3 Å². The van der Waals surface area contributed by atoms with Crippen LogP contribution in [0.25, 0.3) is 10.9 Å². The average Bonchev–Trinajstić information content (AvgIpc) is 3.42. The van der Waals surface area contributed by atoms with Crippen LogP contribution in [0.1, 0.15) is 43.3 Å². The number of benzene rings is 1. The fourth-order valence-electron chi connectivity index (χ4n) is 4.60. The fourth-order valence-corrected chi connectivity index (χ4v) is 4.60. The van der Waals surface area contributed by atoms with Crippen molar-refractivity contribution in [1.82, 2.24) is 24.2 Å². The lowest BCUT2D eigenvalue weighted by Crippen LogP contribution is -2.40. The Labute approximate surface area is 158 Å². The minimum Gasteiger partial charge on any atom is -0.347 e. The van der Waals surface area contributed by atoms with Crippen molar-refractivity contribution in [3.63, 3.8) is 0 Å². The molecule has 0 bridgehead atoms. The number of aryl methyl sites for hydroxylation is 2. The van der Waals surface area contributed by atoms with Gasteiger partial charge in [-0.3, -0.25) is 4.79 Å². The van der Waals surface area contributed by atoms with Gasteiger partial charge < -0.3 is 14.0 Å². The van der Waals surface area contributed by atoms with Gasteiger partial charge in [0.25, 0.3) is 0 Å². The molecule has 1 atom stereocenters. The topological polar surface area (TPSA) is 56.0 Å². The molecule has 2 aliphatic rings. The van der Waals surface area contributed by atoms with Crippen LogP contribution >= 0.6 is 0 Å². The lowest BCUT2D eigenvalue weighted by Gasteiger charge is -2.32. The molecule has 2 aromatic heterocycles. The van der Waals surface area contributed by atoms with Crippen molar-refractivity contribution in [3.8, 4) is 0 Å². The smallest absolute Gasteiger partial charge is 0.224 e. The number of likely N-dealkylation sites (tertiary alicyclic amines) is 1. The Morgan fingerprint density at radius 2 is 2.04 bits per heavy atom. The summed E-state index contributed by atoms with van der Waals surface area (Å²) >= 11 is 0. The summed E-state index contributed by atoms with van der Waals surface area (Å²) in [5.41, 5.74) is 1.20. The van der Waals surface area contributed by atoms with Crippen LogP contribution in [0.4, 0.5) is 0 Å². The number of hydrogen-bond acceptors (Lipinski definition) is 3. The minimum absolute atomic E-state index is 0.249. The molecule has 0 aliphatic carbocycles. The van der Waals surface area contributed by atoms with Gasteiger partial charge in [0.2, 0.25) is 5.91 Å². The van der Waals surface area contributed by atoms with E-state index in [0.29, 0.717) is 12.3 Å². The first kappa shape index (κ1) is 16.5. The largest absolute Gasteiger partial charge is 0.347 e. The third-order valence-electron chi connectivity index (χ3n) is 6.02. The number of hydrogen-bond donors (Lipinski definition) is 0. The van der Waals surface area contributed by atoms with Crippen molar-refractivity contribution >= 4 is 16.8 Å². The van der Waals surface area contributed by atoms with Crippen LogP contribution in [0.2, 0.25) is 0 Å². The quantitative estimate of drug-likeness (QED) is 0.716. The third-order valence-corrected chi connectivity index (χ3v) is 6.02. The number of para-hydroxylation sites is 1. The van der Waals surface area contributed by atoms with Crippen LogP contribution in [0.3, 0.4) is 0 Å². The molecular formula is C21H25N5O. The standard InChI is InChI=1S/C21H25N5O/c27-20(10-14-24-13-9-16-5-1-2-7-18(16)24)25-11-3-6-17(15-25)21-23-22-19-8-4-12-26(19)21/h1-2,5,7,9,13,17H,3-4,6,8,10-12,14-15H2. The highest BCUT2D eigenvalue weighted by molar-refractivity contribution is 5.80. The maximum absolute atomic E-state index is 12.8. The zero-order chi connectivity index (χ0) is 18.2. The first-order chi connectivity index (χ1) is 13.3. The van der Waals surface area contributed by atoms with Gasteiger partial charge >= 0.3 is 0 Å². The SMILES string of the molecule is O=C(CCn1ccc2ccccc21)N1CCCC(c2nnc3n2CCC3)C1. The summed E-state index contributed by atoms with van der Waals surface area (Å²) in [6.45, 7) is 3.41. The van der Waals surface area contributed by atoms with Gasteiger partial charge in [-0.25, -0.2) is 0 Å².